The summed E-state index contributed by atoms with van der Waals surface area (Å²) in [6.07, 6.45) is 5.39. The lowest BCUT2D eigenvalue weighted by atomic mass is 9.91. The number of hydrogen-bond acceptors (Lipinski definition) is 6. The molecule has 0 spiro atoms. The molecular weight excluding hydrogens is 352 g/mol. The Morgan fingerprint density at radius 1 is 1.46 bits per heavy atom. The second-order valence-corrected chi connectivity index (χ2v) is 7.78. The molecule has 0 aromatic carbocycles. The topological polar surface area (TPSA) is 97.3 Å². The molecule has 0 saturated carbocycles. The first-order valence-corrected chi connectivity index (χ1v) is 9.73. The van der Waals surface area contributed by atoms with Crippen molar-refractivity contribution in [3.05, 3.63) is 33.8 Å². The predicted molar refractivity (Wildman–Crippen MR) is 98.0 cm³/mol. The summed E-state index contributed by atoms with van der Waals surface area (Å²) in [4.78, 5) is 17.0. The van der Waals surface area contributed by atoms with Gasteiger partial charge in [-0.3, -0.25) is 4.68 Å². The van der Waals surface area contributed by atoms with Crippen molar-refractivity contribution in [1.82, 2.24) is 29.7 Å². The van der Waals surface area contributed by atoms with Crippen LogP contribution in [0.1, 0.15) is 45.8 Å². The van der Waals surface area contributed by atoms with Crippen LogP contribution in [0.5, 0.6) is 0 Å². The minimum Gasteiger partial charge on any atom is -0.476 e. The van der Waals surface area contributed by atoms with Gasteiger partial charge < -0.3 is 10.4 Å². The number of aryl methyl sites for hydroxylation is 2. The van der Waals surface area contributed by atoms with E-state index in [-0.39, 0.29) is 11.7 Å². The molecule has 0 saturated heterocycles. The van der Waals surface area contributed by atoms with E-state index in [9.17, 15) is 9.90 Å². The van der Waals surface area contributed by atoms with Crippen molar-refractivity contribution in [3.8, 4) is 0 Å². The Hall–Kier alpha value is -2.26. The summed E-state index contributed by atoms with van der Waals surface area (Å²) in [5.41, 5.74) is 3.21. The number of carboxylic acids is 1. The lowest BCUT2D eigenvalue weighted by molar-refractivity contribution is 0.0688. The summed E-state index contributed by atoms with van der Waals surface area (Å²) >= 11 is 1.59. The molecule has 2 N–H and O–H groups in total. The summed E-state index contributed by atoms with van der Waals surface area (Å²) in [6.45, 7) is 5.49. The average Bonchev–Trinajstić information content (AvgIpc) is 3.24. The first kappa shape index (κ1) is 17.2. The van der Waals surface area contributed by atoms with Crippen LogP contribution in [0.4, 0.5) is 0 Å². The number of nitrogens with one attached hydrogen (secondary N) is 1. The van der Waals surface area contributed by atoms with Gasteiger partial charge in [0, 0.05) is 36.8 Å². The van der Waals surface area contributed by atoms with E-state index in [2.05, 4.69) is 20.5 Å². The van der Waals surface area contributed by atoms with E-state index >= 15 is 0 Å². The largest absolute Gasteiger partial charge is 0.476 e. The van der Waals surface area contributed by atoms with Crippen LogP contribution in [0.2, 0.25) is 0 Å². The van der Waals surface area contributed by atoms with Crippen LogP contribution in [0, 0.1) is 6.92 Å². The second-order valence-electron chi connectivity index (χ2n) is 6.62. The number of nitrogens with zero attached hydrogens (tertiary/aromatic N) is 5. The highest BCUT2D eigenvalue weighted by atomic mass is 32.1. The molecule has 26 heavy (non-hydrogen) atoms. The second kappa shape index (κ2) is 6.81. The van der Waals surface area contributed by atoms with Crippen molar-refractivity contribution < 1.29 is 9.90 Å². The minimum atomic E-state index is -0.935. The summed E-state index contributed by atoms with van der Waals surface area (Å²) < 4.78 is 3.67. The van der Waals surface area contributed by atoms with E-state index in [0.29, 0.717) is 6.54 Å². The molecule has 9 heteroatoms. The Balaban J connectivity index is 1.38. The standard InChI is InChI=1S/C17H22N6O2S/c1-3-22-14-5-4-11(8-13(14)15(21-22)16(24)25)18-7-6-12-9-23-17(19-12)26-10(2)20-23/h9,11,18H,3-8H2,1-2H3,(H,24,25)/t11-/m0/s1. The smallest absolute Gasteiger partial charge is 0.356 e. The Labute approximate surface area is 154 Å². The molecular formula is C17H22N6O2S. The van der Waals surface area contributed by atoms with E-state index in [1.165, 1.54) is 0 Å². The van der Waals surface area contributed by atoms with E-state index in [4.69, 9.17) is 0 Å². The number of rotatable bonds is 6. The van der Waals surface area contributed by atoms with Gasteiger partial charge in [-0.25, -0.2) is 14.3 Å². The fourth-order valence-corrected chi connectivity index (χ4v) is 4.41. The average molecular weight is 374 g/mol. The van der Waals surface area contributed by atoms with Gasteiger partial charge in [-0.1, -0.05) is 11.3 Å². The normalized spacial score (nSPS) is 16.9. The fourth-order valence-electron chi connectivity index (χ4n) is 3.66. The monoisotopic (exact) mass is 374 g/mol. The molecule has 4 rings (SSSR count). The molecule has 0 amide bonds. The summed E-state index contributed by atoms with van der Waals surface area (Å²) in [7, 11) is 0. The summed E-state index contributed by atoms with van der Waals surface area (Å²) in [6, 6.07) is 0.277. The van der Waals surface area contributed by atoms with Gasteiger partial charge in [0.1, 0.15) is 5.01 Å². The number of aromatic nitrogens is 5. The molecule has 8 nitrogen and oxygen atoms in total. The summed E-state index contributed by atoms with van der Waals surface area (Å²) in [5.74, 6) is -0.935. The van der Waals surface area contributed by atoms with Gasteiger partial charge >= 0.3 is 5.97 Å². The van der Waals surface area contributed by atoms with Gasteiger partial charge in [0.15, 0.2) is 5.69 Å². The Morgan fingerprint density at radius 2 is 2.31 bits per heavy atom. The Kier molecular flexibility index (Phi) is 4.49. The third-order valence-corrected chi connectivity index (χ3v) is 5.69. The maximum atomic E-state index is 11.5. The first-order valence-electron chi connectivity index (χ1n) is 8.92. The van der Waals surface area contributed by atoms with Crippen LogP contribution in [0.15, 0.2) is 6.20 Å². The van der Waals surface area contributed by atoms with Crippen molar-refractivity contribution in [1.29, 1.82) is 0 Å². The van der Waals surface area contributed by atoms with E-state index in [0.717, 1.165) is 59.1 Å². The van der Waals surface area contributed by atoms with E-state index in [1.807, 2.05) is 29.2 Å². The molecule has 1 atom stereocenters. The number of carbonyl (C=O) groups is 1. The number of fused-ring (bicyclic) bond motifs is 2. The molecule has 3 aromatic rings. The third kappa shape index (κ3) is 3.12. The van der Waals surface area contributed by atoms with Crippen LogP contribution < -0.4 is 5.32 Å². The highest BCUT2D eigenvalue weighted by Crippen LogP contribution is 2.25. The van der Waals surface area contributed by atoms with Gasteiger partial charge in [-0.15, -0.1) is 0 Å². The van der Waals surface area contributed by atoms with Crippen LogP contribution in [-0.2, 0) is 25.8 Å². The molecule has 0 unspecified atom stereocenters. The molecule has 0 fully saturated rings. The quantitative estimate of drug-likeness (QED) is 0.682. The van der Waals surface area contributed by atoms with Crippen molar-refractivity contribution >= 4 is 22.3 Å². The molecule has 1 aliphatic carbocycles. The van der Waals surface area contributed by atoms with Gasteiger partial charge in [-0.2, -0.15) is 10.2 Å². The van der Waals surface area contributed by atoms with Crippen molar-refractivity contribution in [2.75, 3.05) is 6.54 Å². The third-order valence-electron chi connectivity index (χ3n) is 4.86. The van der Waals surface area contributed by atoms with Crippen LogP contribution >= 0.6 is 11.3 Å². The fraction of sp³-hybridized carbons (Fsp3) is 0.529. The SMILES string of the molecule is CCn1nc(C(=O)O)c2c1CC[C@H](NCCc1cn3nc(C)sc3n1)C2. The number of carboxylic acid groups (broad SMARTS) is 1. The van der Waals surface area contributed by atoms with E-state index < -0.39 is 5.97 Å². The lowest BCUT2D eigenvalue weighted by Crippen LogP contribution is -2.36. The van der Waals surface area contributed by atoms with Gasteiger partial charge in [0.25, 0.3) is 0 Å². The Bertz CT molecular complexity index is 925. The highest BCUT2D eigenvalue weighted by molar-refractivity contribution is 7.16. The molecule has 0 bridgehead atoms. The molecule has 0 aliphatic heterocycles. The van der Waals surface area contributed by atoms with Crippen LogP contribution in [-0.4, -0.2) is 48.0 Å². The van der Waals surface area contributed by atoms with Gasteiger partial charge in [0.05, 0.1) is 11.9 Å². The lowest BCUT2D eigenvalue weighted by Gasteiger charge is -2.24. The predicted octanol–water partition coefficient (Wildman–Crippen LogP) is 1.70. The van der Waals surface area contributed by atoms with Crippen LogP contribution in [0.3, 0.4) is 0 Å². The Morgan fingerprint density at radius 3 is 3.04 bits per heavy atom. The molecule has 3 heterocycles. The van der Waals surface area contributed by atoms with Crippen LogP contribution in [0.25, 0.3) is 4.96 Å². The number of aromatic carboxylic acids is 1. The molecule has 1 aliphatic rings. The van der Waals surface area contributed by atoms with Crippen molar-refractivity contribution in [3.63, 3.8) is 0 Å². The van der Waals surface area contributed by atoms with Crippen molar-refractivity contribution in [2.24, 2.45) is 0 Å². The number of hydrogen-bond donors (Lipinski definition) is 2. The molecule has 0 radical (unpaired) electrons. The maximum Gasteiger partial charge on any atom is 0.356 e. The van der Waals surface area contributed by atoms with Crippen molar-refractivity contribution in [2.45, 2.75) is 52.1 Å². The van der Waals surface area contributed by atoms with Gasteiger partial charge in [0.2, 0.25) is 4.96 Å². The maximum absolute atomic E-state index is 11.5. The molecule has 138 valence electrons. The zero-order valence-electron chi connectivity index (χ0n) is 14.9. The zero-order chi connectivity index (χ0) is 18.3. The minimum absolute atomic E-state index is 0.212. The summed E-state index contributed by atoms with van der Waals surface area (Å²) in [5, 5.41) is 22.6. The number of imidazole rings is 1. The zero-order valence-corrected chi connectivity index (χ0v) is 15.7. The van der Waals surface area contributed by atoms with Gasteiger partial charge in [-0.05, 0) is 33.1 Å². The highest BCUT2D eigenvalue weighted by Gasteiger charge is 2.28. The first-order chi connectivity index (χ1) is 12.5. The van der Waals surface area contributed by atoms with E-state index in [1.54, 1.807) is 11.3 Å². The molecule has 3 aromatic heterocycles.